The maximum atomic E-state index is 5.89. The maximum Gasteiger partial charge on any atom is 0.135 e. The van der Waals surface area contributed by atoms with Gasteiger partial charge in [-0.25, -0.2) is 0 Å². The molecule has 0 aliphatic rings. The van der Waals surface area contributed by atoms with Gasteiger partial charge in [-0.2, -0.15) is 0 Å². The third-order valence-corrected chi connectivity index (χ3v) is 3.15. The molecular formula is C16H10O2. The molecule has 86 valence electrons. The Morgan fingerprint density at radius 3 is 2.44 bits per heavy atom. The molecule has 0 saturated heterocycles. The second-order valence-corrected chi connectivity index (χ2v) is 4.33. The van der Waals surface area contributed by atoms with E-state index in [1.54, 1.807) is 6.26 Å². The van der Waals surface area contributed by atoms with Crippen LogP contribution in [-0.2, 0) is 0 Å². The van der Waals surface area contributed by atoms with Crippen molar-refractivity contribution in [2.24, 2.45) is 0 Å². The van der Waals surface area contributed by atoms with Gasteiger partial charge >= 0.3 is 0 Å². The van der Waals surface area contributed by atoms with Gasteiger partial charge in [0, 0.05) is 16.3 Å². The molecule has 0 fully saturated rings. The van der Waals surface area contributed by atoms with Crippen molar-refractivity contribution in [3.8, 4) is 11.3 Å². The summed E-state index contributed by atoms with van der Waals surface area (Å²) in [6, 6.07) is 18.1. The molecule has 4 aromatic rings. The normalized spacial score (nSPS) is 11.3. The lowest BCUT2D eigenvalue weighted by Crippen LogP contribution is -1.69. The second kappa shape index (κ2) is 3.50. The number of hydrogen-bond acceptors (Lipinski definition) is 2. The molecule has 0 aliphatic carbocycles. The summed E-state index contributed by atoms with van der Waals surface area (Å²) >= 11 is 0. The highest BCUT2D eigenvalue weighted by molar-refractivity contribution is 5.95. The Labute approximate surface area is 103 Å². The summed E-state index contributed by atoms with van der Waals surface area (Å²) in [7, 11) is 0. The zero-order chi connectivity index (χ0) is 11.9. The van der Waals surface area contributed by atoms with E-state index in [0.717, 1.165) is 33.3 Å². The van der Waals surface area contributed by atoms with Crippen LogP contribution in [0.25, 0.3) is 33.3 Å². The fourth-order valence-electron chi connectivity index (χ4n) is 2.24. The van der Waals surface area contributed by atoms with Crippen LogP contribution in [-0.4, -0.2) is 0 Å². The van der Waals surface area contributed by atoms with E-state index in [0.29, 0.717) is 0 Å². The van der Waals surface area contributed by atoms with Gasteiger partial charge in [-0.05, 0) is 24.3 Å². The van der Waals surface area contributed by atoms with Crippen molar-refractivity contribution in [2.45, 2.75) is 0 Å². The molecule has 0 saturated carbocycles. The lowest BCUT2D eigenvalue weighted by atomic mass is 10.1. The van der Waals surface area contributed by atoms with Gasteiger partial charge in [0.05, 0.1) is 6.26 Å². The minimum Gasteiger partial charge on any atom is -0.464 e. The average molecular weight is 234 g/mol. The Morgan fingerprint density at radius 1 is 0.722 bits per heavy atom. The smallest absolute Gasteiger partial charge is 0.135 e. The van der Waals surface area contributed by atoms with Crippen LogP contribution in [0.2, 0.25) is 0 Å². The first-order chi connectivity index (χ1) is 8.90. The van der Waals surface area contributed by atoms with E-state index < -0.39 is 0 Å². The summed E-state index contributed by atoms with van der Waals surface area (Å²) in [4.78, 5) is 0. The minimum absolute atomic E-state index is 0.887. The Bertz CT molecular complexity index is 774. The first-order valence-electron chi connectivity index (χ1n) is 5.86. The monoisotopic (exact) mass is 234 g/mol. The Balaban J connectivity index is 1.98. The number of rotatable bonds is 1. The molecule has 0 unspecified atom stereocenters. The van der Waals surface area contributed by atoms with Crippen LogP contribution in [0.4, 0.5) is 0 Å². The topological polar surface area (TPSA) is 26.3 Å². The van der Waals surface area contributed by atoms with E-state index in [1.807, 2.05) is 54.6 Å². The van der Waals surface area contributed by atoms with E-state index in [2.05, 4.69) is 0 Å². The van der Waals surface area contributed by atoms with Crippen molar-refractivity contribution in [1.82, 2.24) is 0 Å². The quantitative estimate of drug-likeness (QED) is 0.470. The van der Waals surface area contributed by atoms with Crippen LogP contribution in [0.3, 0.4) is 0 Å². The van der Waals surface area contributed by atoms with Crippen LogP contribution >= 0.6 is 0 Å². The molecule has 2 nitrogen and oxygen atoms in total. The standard InChI is InChI=1S/C16H10O2/c1-2-4-11(5-3-1)15-10-13-9-14-12(6-7-17-14)8-16(13)18-15/h1-10H. The molecule has 2 aromatic heterocycles. The van der Waals surface area contributed by atoms with Gasteiger partial charge in [0.2, 0.25) is 0 Å². The molecule has 0 spiro atoms. The SMILES string of the molecule is c1ccc(-c2cc3cc4occc4cc3o2)cc1. The van der Waals surface area contributed by atoms with E-state index >= 15 is 0 Å². The van der Waals surface area contributed by atoms with Gasteiger partial charge in [0.15, 0.2) is 0 Å². The fraction of sp³-hybridized carbons (Fsp3) is 0. The number of benzene rings is 2. The predicted molar refractivity (Wildman–Crippen MR) is 71.4 cm³/mol. The highest BCUT2D eigenvalue weighted by Crippen LogP contribution is 2.31. The summed E-state index contributed by atoms with van der Waals surface area (Å²) in [6.45, 7) is 0. The van der Waals surface area contributed by atoms with Gasteiger partial charge in [-0.3, -0.25) is 0 Å². The number of hydrogen-bond donors (Lipinski definition) is 0. The molecule has 0 radical (unpaired) electrons. The van der Waals surface area contributed by atoms with Crippen molar-refractivity contribution in [1.29, 1.82) is 0 Å². The summed E-state index contributed by atoms with van der Waals surface area (Å²) in [5.41, 5.74) is 2.87. The van der Waals surface area contributed by atoms with E-state index in [1.165, 1.54) is 0 Å². The zero-order valence-corrected chi connectivity index (χ0v) is 9.59. The predicted octanol–water partition coefficient (Wildman–Crippen LogP) is 4.85. The van der Waals surface area contributed by atoms with Crippen molar-refractivity contribution < 1.29 is 8.83 Å². The molecule has 0 aliphatic heterocycles. The first kappa shape index (κ1) is 9.54. The summed E-state index contributed by atoms with van der Waals surface area (Å²) in [5.74, 6) is 0.887. The Kier molecular flexibility index (Phi) is 1.86. The van der Waals surface area contributed by atoms with Crippen LogP contribution in [0.5, 0.6) is 0 Å². The van der Waals surface area contributed by atoms with Gasteiger partial charge in [-0.1, -0.05) is 30.3 Å². The van der Waals surface area contributed by atoms with Crippen molar-refractivity contribution in [3.05, 3.63) is 60.9 Å². The van der Waals surface area contributed by atoms with Crippen molar-refractivity contribution in [2.75, 3.05) is 0 Å². The van der Waals surface area contributed by atoms with E-state index in [-0.39, 0.29) is 0 Å². The lowest BCUT2D eigenvalue weighted by molar-refractivity contribution is 0.615. The highest BCUT2D eigenvalue weighted by Gasteiger charge is 2.08. The van der Waals surface area contributed by atoms with Gasteiger partial charge in [-0.15, -0.1) is 0 Å². The largest absolute Gasteiger partial charge is 0.464 e. The van der Waals surface area contributed by atoms with Crippen LogP contribution < -0.4 is 0 Å². The van der Waals surface area contributed by atoms with E-state index in [9.17, 15) is 0 Å². The molecule has 0 amide bonds. The van der Waals surface area contributed by atoms with E-state index in [4.69, 9.17) is 8.83 Å². The molecule has 0 atom stereocenters. The van der Waals surface area contributed by atoms with Crippen LogP contribution in [0.1, 0.15) is 0 Å². The third kappa shape index (κ3) is 1.36. The molecule has 0 bridgehead atoms. The minimum atomic E-state index is 0.887. The molecule has 2 heterocycles. The first-order valence-corrected chi connectivity index (χ1v) is 5.86. The highest BCUT2D eigenvalue weighted by atomic mass is 16.3. The van der Waals surface area contributed by atoms with Crippen LogP contribution in [0, 0.1) is 0 Å². The van der Waals surface area contributed by atoms with Crippen molar-refractivity contribution in [3.63, 3.8) is 0 Å². The van der Waals surface area contributed by atoms with Gasteiger partial charge in [0.1, 0.15) is 16.9 Å². The molecule has 18 heavy (non-hydrogen) atoms. The lowest BCUT2D eigenvalue weighted by Gasteiger charge is -1.93. The van der Waals surface area contributed by atoms with Gasteiger partial charge < -0.3 is 8.83 Å². The molecule has 4 rings (SSSR count). The number of fused-ring (bicyclic) bond motifs is 2. The molecule has 2 aromatic carbocycles. The summed E-state index contributed by atoms with van der Waals surface area (Å²) < 4.78 is 11.3. The average Bonchev–Trinajstić information content (AvgIpc) is 3.01. The molecular weight excluding hydrogens is 224 g/mol. The molecule has 0 N–H and O–H groups in total. The Hall–Kier alpha value is -2.48. The molecule has 2 heteroatoms. The van der Waals surface area contributed by atoms with Crippen LogP contribution in [0.15, 0.2) is 69.7 Å². The fourth-order valence-corrected chi connectivity index (χ4v) is 2.24. The van der Waals surface area contributed by atoms with Crippen molar-refractivity contribution >= 4 is 21.9 Å². The van der Waals surface area contributed by atoms with Gasteiger partial charge in [0.25, 0.3) is 0 Å². The summed E-state index contributed by atoms with van der Waals surface area (Å²) in [5, 5.41) is 2.13. The maximum absolute atomic E-state index is 5.89. The number of furan rings is 2. The summed E-state index contributed by atoms with van der Waals surface area (Å²) in [6.07, 6.45) is 1.70. The zero-order valence-electron chi connectivity index (χ0n) is 9.59. The third-order valence-electron chi connectivity index (χ3n) is 3.15. The second-order valence-electron chi connectivity index (χ2n) is 4.33. The Morgan fingerprint density at radius 2 is 1.56 bits per heavy atom.